The lowest BCUT2D eigenvalue weighted by Gasteiger charge is -2.11. The maximum Gasteiger partial charge on any atom is 0.238 e. The highest BCUT2D eigenvalue weighted by atomic mass is 32.2. The molecule has 0 aliphatic carbocycles. The first-order valence-electron chi connectivity index (χ1n) is 8.96. The zero-order valence-corrected chi connectivity index (χ0v) is 18.4. The van der Waals surface area contributed by atoms with Gasteiger partial charge < -0.3 is 10.6 Å². The Balaban J connectivity index is 1.43. The molecule has 0 saturated heterocycles. The van der Waals surface area contributed by atoms with Gasteiger partial charge in [0.05, 0.1) is 15.1 Å². The zero-order valence-electron chi connectivity index (χ0n) is 15.9. The van der Waals surface area contributed by atoms with Gasteiger partial charge in [-0.1, -0.05) is 6.07 Å². The molecule has 0 radical (unpaired) electrons. The van der Waals surface area contributed by atoms with E-state index in [4.69, 9.17) is 22.3 Å². The van der Waals surface area contributed by atoms with Gasteiger partial charge in [-0.2, -0.15) is 0 Å². The molecule has 4 N–H and O–H groups in total. The molecule has 0 amide bonds. The minimum Gasteiger partial charge on any atom is -0.332 e. The summed E-state index contributed by atoms with van der Waals surface area (Å²) in [7, 11) is -3.72. The largest absolute Gasteiger partial charge is 0.332 e. The van der Waals surface area contributed by atoms with Gasteiger partial charge in [0.2, 0.25) is 10.0 Å². The maximum atomic E-state index is 11.3. The summed E-state index contributed by atoms with van der Waals surface area (Å²) < 4.78 is 23.8. The predicted octanol–water partition coefficient (Wildman–Crippen LogP) is 4.73. The van der Waals surface area contributed by atoms with Crippen LogP contribution in [0.25, 0.3) is 20.8 Å². The highest BCUT2D eigenvalue weighted by Gasteiger charge is 2.08. The Morgan fingerprint density at radius 1 is 0.967 bits per heavy atom. The van der Waals surface area contributed by atoms with Crippen LogP contribution in [0.4, 0.5) is 11.4 Å². The number of thiocarbonyl (C=S) groups is 1. The fourth-order valence-electron chi connectivity index (χ4n) is 2.87. The standard InChI is InChI=1S/C21H18N4O2S3/c1-13-2-11-18-19(12-13)29-20(25-18)14-3-5-15(6-4-14)23-21(28)24-16-7-9-17(10-8-16)30(22,26)27/h2-12H,1H3,(H2,22,26,27)(H2,23,24,28). The molecule has 0 fully saturated rings. The van der Waals surface area contributed by atoms with Crippen LogP contribution in [0.3, 0.4) is 0 Å². The Hall–Kier alpha value is -2.85. The average molecular weight is 455 g/mol. The van der Waals surface area contributed by atoms with Crippen molar-refractivity contribution >= 4 is 60.3 Å². The molecule has 0 spiro atoms. The molecule has 4 rings (SSSR count). The Morgan fingerprint density at radius 3 is 2.17 bits per heavy atom. The smallest absolute Gasteiger partial charge is 0.238 e. The second-order valence-corrected chi connectivity index (χ2v) is 9.72. The van der Waals surface area contributed by atoms with E-state index < -0.39 is 10.0 Å². The highest BCUT2D eigenvalue weighted by molar-refractivity contribution is 7.89. The Morgan fingerprint density at radius 2 is 1.57 bits per heavy atom. The second kappa shape index (κ2) is 8.11. The number of aryl methyl sites for hydroxylation is 1. The minimum atomic E-state index is -3.72. The summed E-state index contributed by atoms with van der Waals surface area (Å²) in [5, 5.41) is 12.6. The number of fused-ring (bicyclic) bond motifs is 1. The summed E-state index contributed by atoms with van der Waals surface area (Å²) in [6, 6.07) is 20.2. The van der Waals surface area contributed by atoms with E-state index in [0.29, 0.717) is 10.8 Å². The number of aromatic nitrogens is 1. The van der Waals surface area contributed by atoms with E-state index in [0.717, 1.165) is 21.8 Å². The highest BCUT2D eigenvalue weighted by Crippen LogP contribution is 2.31. The molecule has 0 atom stereocenters. The summed E-state index contributed by atoms with van der Waals surface area (Å²) in [4.78, 5) is 4.75. The number of nitrogens with one attached hydrogen (secondary N) is 2. The van der Waals surface area contributed by atoms with Crippen LogP contribution >= 0.6 is 23.6 Å². The van der Waals surface area contributed by atoms with Gasteiger partial charge >= 0.3 is 0 Å². The van der Waals surface area contributed by atoms with Crippen molar-refractivity contribution < 1.29 is 8.42 Å². The third-order valence-electron chi connectivity index (χ3n) is 4.37. The molecule has 9 heteroatoms. The zero-order chi connectivity index (χ0) is 21.3. The van der Waals surface area contributed by atoms with Crippen LogP contribution < -0.4 is 15.8 Å². The van der Waals surface area contributed by atoms with Crippen LogP contribution in [0.5, 0.6) is 0 Å². The molecule has 30 heavy (non-hydrogen) atoms. The van der Waals surface area contributed by atoms with E-state index in [-0.39, 0.29) is 4.90 Å². The summed E-state index contributed by atoms with van der Waals surface area (Å²) in [5.41, 5.74) is 4.74. The van der Waals surface area contributed by atoms with E-state index in [1.54, 1.807) is 23.5 Å². The van der Waals surface area contributed by atoms with E-state index in [2.05, 4.69) is 29.7 Å². The normalized spacial score (nSPS) is 11.4. The van der Waals surface area contributed by atoms with Crippen molar-refractivity contribution in [2.75, 3.05) is 10.6 Å². The fourth-order valence-corrected chi connectivity index (χ4v) is 4.69. The van der Waals surface area contributed by atoms with Crippen molar-refractivity contribution in [1.82, 2.24) is 4.98 Å². The van der Waals surface area contributed by atoms with Gasteiger partial charge in [-0.3, -0.25) is 0 Å². The summed E-state index contributed by atoms with van der Waals surface area (Å²) >= 11 is 7.00. The lowest BCUT2D eigenvalue weighted by atomic mass is 10.2. The van der Waals surface area contributed by atoms with Crippen molar-refractivity contribution in [3.8, 4) is 10.6 Å². The number of nitrogens with zero attached hydrogens (tertiary/aromatic N) is 1. The molecular formula is C21H18N4O2S3. The SMILES string of the molecule is Cc1ccc2nc(-c3ccc(NC(=S)Nc4ccc(S(N)(=O)=O)cc4)cc3)sc2c1. The Labute approximate surface area is 183 Å². The van der Waals surface area contributed by atoms with Crippen LogP contribution in [0, 0.1) is 6.92 Å². The Kier molecular flexibility index (Phi) is 5.52. The molecule has 0 unspecified atom stereocenters. The minimum absolute atomic E-state index is 0.0486. The van der Waals surface area contributed by atoms with Crippen LogP contribution in [-0.2, 0) is 10.0 Å². The molecule has 1 aromatic heterocycles. The quantitative estimate of drug-likeness (QED) is 0.386. The molecule has 0 aliphatic rings. The van der Waals surface area contributed by atoms with E-state index in [1.165, 1.54) is 22.4 Å². The van der Waals surface area contributed by atoms with Crippen molar-refractivity contribution in [2.45, 2.75) is 11.8 Å². The van der Waals surface area contributed by atoms with Gasteiger partial charge in [-0.05, 0) is 85.4 Å². The predicted molar refractivity (Wildman–Crippen MR) is 127 cm³/mol. The summed E-state index contributed by atoms with van der Waals surface area (Å²) in [6.45, 7) is 2.07. The van der Waals surface area contributed by atoms with Crippen molar-refractivity contribution in [3.05, 3.63) is 72.3 Å². The number of nitrogens with two attached hydrogens (primary N) is 1. The molecule has 1 heterocycles. The number of benzene rings is 3. The number of thiazole rings is 1. The number of primary sulfonamides is 1. The third-order valence-corrected chi connectivity index (χ3v) is 6.57. The van der Waals surface area contributed by atoms with E-state index in [1.807, 2.05) is 30.3 Å². The van der Waals surface area contributed by atoms with Crippen LogP contribution in [-0.4, -0.2) is 18.5 Å². The van der Waals surface area contributed by atoms with Gasteiger partial charge in [0, 0.05) is 16.9 Å². The first-order chi connectivity index (χ1) is 14.3. The number of rotatable bonds is 4. The van der Waals surface area contributed by atoms with E-state index in [9.17, 15) is 8.42 Å². The second-order valence-electron chi connectivity index (χ2n) is 6.72. The molecule has 0 aliphatic heterocycles. The van der Waals surface area contributed by atoms with Gasteiger partial charge in [0.15, 0.2) is 5.11 Å². The number of hydrogen-bond acceptors (Lipinski definition) is 5. The maximum absolute atomic E-state index is 11.3. The van der Waals surface area contributed by atoms with Crippen LogP contribution in [0.1, 0.15) is 5.56 Å². The molecular weight excluding hydrogens is 436 g/mol. The van der Waals surface area contributed by atoms with Crippen LogP contribution in [0.15, 0.2) is 71.6 Å². The summed E-state index contributed by atoms with van der Waals surface area (Å²) in [6.07, 6.45) is 0. The van der Waals surface area contributed by atoms with Crippen molar-refractivity contribution in [2.24, 2.45) is 5.14 Å². The van der Waals surface area contributed by atoms with Crippen molar-refractivity contribution in [1.29, 1.82) is 0 Å². The summed E-state index contributed by atoms with van der Waals surface area (Å²) in [5.74, 6) is 0. The average Bonchev–Trinajstić information content (AvgIpc) is 3.11. The lowest BCUT2D eigenvalue weighted by molar-refractivity contribution is 0.598. The van der Waals surface area contributed by atoms with E-state index >= 15 is 0 Å². The molecule has 4 aromatic rings. The molecule has 3 aromatic carbocycles. The lowest BCUT2D eigenvalue weighted by Crippen LogP contribution is -2.19. The molecule has 6 nitrogen and oxygen atoms in total. The van der Waals surface area contributed by atoms with Crippen LogP contribution in [0.2, 0.25) is 0 Å². The van der Waals surface area contributed by atoms with Gasteiger partial charge in [-0.15, -0.1) is 11.3 Å². The first-order valence-corrected chi connectivity index (χ1v) is 11.7. The first kappa shape index (κ1) is 20.4. The molecule has 152 valence electrons. The fraction of sp³-hybridized carbons (Fsp3) is 0.0476. The van der Waals surface area contributed by atoms with Gasteiger partial charge in [0.1, 0.15) is 5.01 Å². The number of anilines is 2. The van der Waals surface area contributed by atoms with Crippen molar-refractivity contribution in [3.63, 3.8) is 0 Å². The van der Waals surface area contributed by atoms with Gasteiger partial charge in [0.25, 0.3) is 0 Å². The molecule has 0 bridgehead atoms. The third kappa shape index (κ3) is 4.65. The number of sulfonamides is 1. The number of hydrogen-bond donors (Lipinski definition) is 3. The monoisotopic (exact) mass is 454 g/mol. The topological polar surface area (TPSA) is 97.1 Å². The van der Waals surface area contributed by atoms with Gasteiger partial charge in [-0.25, -0.2) is 18.5 Å². The Bertz CT molecular complexity index is 1330. The molecule has 0 saturated carbocycles.